The largest absolute Gasteiger partial charge is 0.207 e. The molecule has 5 aromatic carbocycles. The van der Waals surface area contributed by atoms with Gasteiger partial charge in [0.2, 0.25) is 0 Å². The summed E-state index contributed by atoms with van der Waals surface area (Å²) in [5.41, 5.74) is 9.15. The fourth-order valence-corrected chi connectivity index (χ4v) is 4.68. The average Bonchev–Trinajstić information content (AvgIpc) is 3.10. The minimum Gasteiger partial charge on any atom is -0.207 e. The summed E-state index contributed by atoms with van der Waals surface area (Å²) in [5, 5.41) is 2.09. The van der Waals surface area contributed by atoms with Crippen LogP contribution in [0, 0.1) is 5.82 Å². The van der Waals surface area contributed by atoms with Crippen molar-refractivity contribution in [1.82, 2.24) is 0 Å². The molecule has 0 bridgehead atoms. The van der Waals surface area contributed by atoms with Crippen molar-refractivity contribution in [1.29, 1.82) is 0 Å². The van der Waals surface area contributed by atoms with Crippen LogP contribution in [0.3, 0.4) is 0 Å². The van der Waals surface area contributed by atoms with Gasteiger partial charge in [0, 0.05) is 0 Å². The van der Waals surface area contributed by atoms with E-state index in [9.17, 15) is 4.39 Å². The predicted molar refractivity (Wildman–Crippen MR) is 119 cm³/mol. The molecule has 136 valence electrons. The van der Waals surface area contributed by atoms with Crippen LogP contribution in [0.15, 0.2) is 103 Å². The van der Waals surface area contributed by atoms with Gasteiger partial charge in [-0.05, 0) is 67.4 Å². The predicted octanol–water partition coefficient (Wildman–Crippen LogP) is 7.96. The van der Waals surface area contributed by atoms with Crippen LogP contribution in [-0.4, -0.2) is 0 Å². The molecule has 0 radical (unpaired) electrons. The molecule has 0 heterocycles. The summed E-state index contributed by atoms with van der Waals surface area (Å²) < 4.78 is 14.6. The van der Waals surface area contributed by atoms with Crippen molar-refractivity contribution >= 4 is 10.8 Å². The highest BCUT2D eigenvalue weighted by Crippen LogP contribution is 2.54. The van der Waals surface area contributed by atoms with Crippen LogP contribution in [0.4, 0.5) is 4.39 Å². The SMILES string of the molecule is Fc1cc2c3c(cccc3c1)-c1c(-c3ccccc3)ccc(-c3ccccc3)c1-2. The Morgan fingerprint density at radius 2 is 1.03 bits per heavy atom. The van der Waals surface area contributed by atoms with Gasteiger partial charge >= 0.3 is 0 Å². The summed E-state index contributed by atoms with van der Waals surface area (Å²) in [5.74, 6) is -0.193. The van der Waals surface area contributed by atoms with Gasteiger partial charge in [-0.3, -0.25) is 0 Å². The first-order valence-electron chi connectivity index (χ1n) is 9.82. The second-order valence-electron chi connectivity index (χ2n) is 7.50. The molecular formula is C28H17F. The van der Waals surface area contributed by atoms with Crippen LogP contribution in [0.5, 0.6) is 0 Å². The minimum atomic E-state index is -0.193. The number of hydrogen-bond acceptors (Lipinski definition) is 0. The first-order chi connectivity index (χ1) is 14.3. The fraction of sp³-hybridized carbons (Fsp3) is 0. The second kappa shape index (κ2) is 6.15. The molecule has 1 aliphatic rings. The van der Waals surface area contributed by atoms with Gasteiger partial charge < -0.3 is 0 Å². The highest BCUT2D eigenvalue weighted by atomic mass is 19.1. The molecule has 0 amide bonds. The standard InChI is InChI=1S/C28H17F/c29-21-16-20-12-7-13-24-26(20)25(17-21)28-23(19-10-5-2-6-11-19)15-14-22(27(24)28)18-8-3-1-4-9-18/h1-17H. The maximum absolute atomic E-state index is 14.6. The van der Waals surface area contributed by atoms with E-state index >= 15 is 0 Å². The molecule has 0 aliphatic heterocycles. The van der Waals surface area contributed by atoms with Crippen LogP contribution < -0.4 is 0 Å². The zero-order valence-electron chi connectivity index (χ0n) is 15.7. The van der Waals surface area contributed by atoms with E-state index in [-0.39, 0.29) is 5.82 Å². The molecule has 0 fully saturated rings. The first-order valence-corrected chi connectivity index (χ1v) is 9.82. The maximum Gasteiger partial charge on any atom is 0.124 e. The van der Waals surface area contributed by atoms with Crippen LogP contribution in [0.25, 0.3) is 55.3 Å². The highest BCUT2D eigenvalue weighted by molar-refractivity contribution is 6.20. The van der Waals surface area contributed by atoms with Crippen LogP contribution in [-0.2, 0) is 0 Å². The van der Waals surface area contributed by atoms with Crippen LogP contribution >= 0.6 is 0 Å². The monoisotopic (exact) mass is 372 g/mol. The van der Waals surface area contributed by atoms with Crippen LogP contribution in [0.1, 0.15) is 0 Å². The highest BCUT2D eigenvalue weighted by Gasteiger charge is 2.28. The summed E-state index contributed by atoms with van der Waals surface area (Å²) >= 11 is 0. The van der Waals surface area contributed by atoms with E-state index < -0.39 is 0 Å². The van der Waals surface area contributed by atoms with Crippen molar-refractivity contribution in [2.45, 2.75) is 0 Å². The van der Waals surface area contributed by atoms with E-state index in [0.29, 0.717) is 0 Å². The normalized spacial score (nSPS) is 11.6. The van der Waals surface area contributed by atoms with Gasteiger partial charge in [-0.2, -0.15) is 0 Å². The quantitative estimate of drug-likeness (QED) is 0.289. The van der Waals surface area contributed by atoms with Crippen molar-refractivity contribution in [2.75, 3.05) is 0 Å². The third-order valence-electron chi connectivity index (χ3n) is 5.86. The zero-order chi connectivity index (χ0) is 19.4. The van der Waals surface area contributed by atoms with E-state index in [1.165, 1.54) is 22.3 Å². The Labute approximate surface area is 168 Å². The topological polar surface area (TPSA) is 0 Å². The minimum absolute atomic E-state index is 0.193. The van der Waals surface area contributed by atoms with Gasteiger partial charge in [0.1, 0.15) is 5.82 Å². The van der Waals surface area contributed by atoms with Crippen molar-refractivity contribution in [3.05, 3.63) is 109 Å². The van der Waals surface area contributed by atoms with Crippen molar-refractivity contribution < 1.29 is 4.39 Å². The smallest absolute Gasteiger partial charge is 0.124 e. The van der Waals surface area contributed by atoms with E-state index in [1.807, 2.05) is 24.3 Å². The van der Waals surface area contributed by atoms with Gasteiger partial charge in [0.15, 0.2) is 0 Å². The number of rotatable bonds is 2. The number of benzene rings is 5. The molecule has 0 aromatic heterocycles. The lowest BCUT2D eigenvalue weighted by molar-refractivity contribution is 0.630. The Balaban J connectivity index is 1.79. The zero-order valence-corrected chi connectivity index (χ0v) is 15.7. The molecule has 0 N–H and O–H groups in total. The molecule has 5 aromatic rings. The molecule has 29 heavy (non-hydrogen) atoms. The van der Waals surface area contributed by atoms with Gasteiger partial charge in [0.05, 0.1) is 0 Å². The third-order valence-corrected chi connectivity index (χ3v) is 5.86. The van der Waals surface area contributed by atoms with E-state index in [1.54, 1.807) is 12.1 Å². The second-order valence-corrected chi connectivity index (χ2v) is 7.50. The number of hydrogen-bond donors (Lipinski definition) is 0. The molecule has 0 nitrogen and oxygen atoms in total. The van der Waals surface area contributed by atoms with Crippen molar-refractivity contribution in [2.24, 2.45) is 0 Å². The molecule has 0 saturated heterocycles. The molecule has 0 saturated carbocycles. The molecule has 1 heteroatoms. The molecule has 0 atom stereocenters. The summed E-state index contributed by atoms with van der Waals surface area (Å²) in [6.07, 6.45) is 0. The van der Waals surface area contributed by atoms with E-state index in [2.05, 4.69) is 66.7 Å². The Hall–Kier alpha value is -3.71. The van der Waals surface area contributed by atoms with Crippen molar-refractivity contribution in [3.63, 3.8) is 0 Å². The Morgan fingerprint density at radius 3 is 1.66 bits per heavy atom. The Kier molecular flexibility index (Phi) is 3.45. The van der Waals surface area contributed by atoms with Crippen molar-refractivity contribution in [3.8, 4) is 44.5 Å². The van der Waals surface area contributed by atoms with E-state index in [4.69, 9.17) is 0 Å². The summed E-state index contributed by atoms with van der Waals surface area (Å²) in [7, 11) is 0. The molecule has 1 aliphatic carbocycles. The molecule has 0 spiro atoms. The molecule has 6 rings (SSSR count). The fourth-order valence-electron chi connectivity index (χ4n) is 4.68. The summed E-state index contributed by atoms with van der Waals surface area (Å²) in [6.45, 7) is 0. The van der Waals surface area contributed by atoms with Crippen LogP contribution in [0.2, 0.25) is 0 Å². The number of halogens is 1. The maximum atomic E-state index is 14.6. The lowest BCUT2D eigenvalue weighted by Gasteiger charge is -2.15. The third kappa shape index (κ3) is 2.37. The lowest BCUT2D eigenvalue weighted by atomic mass is 9.88. The molecular weight excluding hydrogens is 355 g/mol. The van der Waals surface area contributed by atoms with E-state index in [0.717, 1.165) is 33.0 Å². The Morgan fingerprint density at radius 1 is 0.448 bits per heavy atom. The first kappa shape index (κ1) is 16.3. The number of fused-ring (bicyclic) bond motifs is 3. The van der Waals surface area contributed by atoms with Gasteiger partial charge in [-0.25, -0.2) is 4.39 Å². The molecule has 0 unspecified atom stereocenters. The van der Waals surface area contributed by atoms with Gasteiger partial charge in [-0.1, -0.05) is 91.0 Å². The summed E-state index contributed by atoms with van der Waals surface area (Å²) in [6, 6.07) is 34.7. The lowest BCUT2D eigenvalue weighted by Crippen LogP contribution is -1.89. The van der Waals surface area contributed by atoms with Gasteiger partial charge in [-0.15, -0.1) is 0 Å². The summed E-state index contributed by atoms with van der Waals surface area (Å²) in [4.78, 5) is 0. The van der Waals surface area contributed by atoms with Gasteiger partial charge in [0.25, 0.3) is 0 Å². The average molecular weight is 372 g/mol. The Bertz CT molecular complexity index is 1380.